The summed E-state index contributed by atoms with van der Waals surface area (Å²) < 4.78 is 31.4. The summed E-state index contributed by atoms with van der Waals surface area (Å²) >= 11 is 0. The largest absolute Gasteiger partial charge is 0.486 e. The lowest BCUT2D eigenvalue weighted by Gasteiger charge is -2.20. The number of aliphatic hydroxyl groups is 1. The van der Waals surface area contributed by atoms with Crippen LogP contribution in [0.3, 0.4) is 0 Å². The van der Waals surface area contributed by atoms with E-state index in [0.717, 1.165) is 0 Å². The second-order valence-electron chi connectivity index (χ2n) is 2.97. The average Bonchev–Trinajstić information content (AvgIpc) is 2.23. The first kappa shape index (κ1) is 9.21. The van der Waals surface area contributed by atoms with Gasteiger partial charge in [0, 0.05) is 12.1 Å². The maximum absolute atomic E-state index is 13.3. The molecule has 1 aromatic carbocycles. The van der Waals surface area contributed by atoms with Gasteiger partial charge in [-0.3, -0.25) is 0 Å². The fraction of sp³-hybridized carbons (Fsp3) is 0.333. The highest BCUT2D eigenvalue weighted by atomic mass is 19.2. The third-order valence-electron chi connectivity index (χ3n) is 2.07. The number of fused-ring (bicyclic) bond motifs is 1. The second-order valence-corrected chi connectivity index (χ2v) is 2.97. The molecule has 0 saturated heterocycles. The monoisotopic (exact) mass is 201 g/mol. The van der Waals surface area contributed by atoms with E-state index in [0.29, 0.717) is 18.8 Å². The molecule has 2 N–H and O–H groups in total. The Kier molecular flexibility index (Phi) is 2.25. The summed E-state index contributed by atoms with van der Waals surface area (Å²) in [6.07, 6.45) is 0. The van der Waals surface area contributed by atoms with Gasteiger partial charge in [0.15, 0.2) is 11.6 Å². The van der Waals surface area contributed by atoms with Gasteiger partial charge in [0.2, 0.25) is 5.82 Å². The number of hydrogen-bond acceptors (Lipinski definition) is 3. The summed E-state index contributed by atoms with van der Waals surface area (Å²) in [6, 6.07) is 1.35. The molecular formula is C9H9F2NO2. The summed E-state index contributed by atoms with van der Waals surface area (Å²) in [6.45, 7) is 0.322. The van der Waals surface area contributed by atoms with Crippen molar-refractivity contribution in [3.05, 3.63) is 23.3 Å². The molecule has 2 rings (SSSR count). The van der Waals surface area contributed by atoms with E-state index in [1.807, 2.05) is 0 Å². The molecule has 0 amide bonds. The molecule has 0 radical (unpaired) electrons. The van der Waals surface area contributed by atoms with Gasteiger partial charge in [0.1, 0.15) is 6.61 Å². The third-order valence-corrected chi connectivity index (χ3v) is 2.07. The summed E-state index contributed by atoms with van der Waals surface area (Å²) in [5.74, 6) is -2.19. The van der Waals surface area contributed by atoms with E-state index >= 15 is 0 Å². The molecule has 5 heteroatoms. The van der Waals surface area contributed by atoms with Crippen LogP contribution in [0, 0.1) is 11.6 Å². The van der Waals surface area contributed by atoms with E-state index < -0.39 is 18.2 Å². The van der Waals surface area contributed by atoms with Crippen LogP contribution in [-0.4, -0.2) is 18.3 Å². The standard InChI is InChI=1S/C9H9F2NO2/c10-7-5(4-13)3-6-9(8(7)11)14-2-1-12-6/h3,12-13H,1-2,4H2. The third kappa shape index (κ3) is 1.29. The number of rotatable bonds is 1. The number of nitrogens with one attached hydrogen (secondary N) is 1. The van der Waals surface area contributed by atoms with E-state index in [-0.39, 0.29) is 11.3 Å². The predicted octanol–water partition coefficient (Wildman–Crippen LogP) is 1.26. The van der Waals surface area contributed by atoms with Gasteiger partial charge >= 0.3 is 0 Å². The highest BCUT2D eigenvalue weighted by molar-refractivity contribution is 5.60. The molecule has 76 valence electrons. The quantitative estimate of drug-likeness (QED) is 0.718. The molecule has 1 aromatic rings. The first-order valence-electron chi connectivity index (χ1n) is 4.22. The van der Waals surface area contributed by atoms with Crippen LogP contribution in [0.25, 0.3) is 0 Å². The first-order chi connectivity index (χ1) is 6.74. The minimum Gasteiger partial charge on any atom is -0.486 e. The highest BCUT2D eigenvalue weighted by Crippen LogP contribution is 2.33. The first-order valence-corrected chi connectivity index (χ1v) is 4.22. The fourth-order valence-electron chi connectivity index (χ4n) is 1.39. The van der Waals surface area contributed by atoms with Crippen molar-refractivity contribution in [2.75, 3.05) is 18.5 Å². The van der Waals surface area contributed by atoms with Crippen LogP contribution in [0.5, 0.6) is 5.75 Å². The van der Waals surface area contributed by atoms with Crippen molar-refractivity contribution in [1.29, 1.82) is 0 Å². The Morgan fingerprint density at radius 3 is 2.93 bits per heavy atom. The van der Waals surface area contributed by atoms with Gasteiger partial charge in [-0.15, -0.1) is 0 Å². The molecule has 1 heterocycles. The van der Waals surface area contributed by atoms with E-state index in [9.17, 15) is 8.78 Å². The summed E-state index contributed by atoms with van der Waals surface area (Å²) in [4.78, 5) is 0. The molecule has 0 unspecified atom stereocenters. The minimum atomic E-state index is -1.05. The van der Waals surface area contributed by atoms with Crippen molar-refractivity contribution in [2.45, 2.75) is 6.61 Å². The fourth-order valence-corrected chi connectivity index (χ4v) is 1.39. The zero-order valence-corrected chi connectivity index (χ0v) is 7.31. The zero-order valence-electron chi connectivity index (χ0n) is 7.31. The molecular weight excluding hydrogens is 192 g/mol. The lowest BCUT2D eigenvalue weighted by Crippen LogP contribution is -2.20. The molecule has 0 fully saturated rings. The zero-order chi connectivity index (χ0) is 10.1. The topological polar surface area (TPSA) is 41.5 Å². The Morgan fingerprint density at radius 2 is 2.21 bits per heavy atom. The molecule has 14 heavy (non-hydrogen) atoms. The summed E-state index contributed by atoms with van der Waals surface area (Å²) in [5, 5.41) is 11.6. The lowest BCUT2D eigenvalue weighted by molar-refractivity contribution is 0.267. The smallest absolute Gasteiger partial charge is 0.203 e. The molecule has 0 spiro atoms. The molecule has 0 bridgehead atoms. The van der Waals surface area contributed by atoms with Crippen molar-refractivity contribution < 1.29 is 18.6 Å². The maximum Gasteiger partial charge on any atom is 0.203 e. The van der Waals surface area contributed by atoms with E-state index in [2.05, 4.69) is 5.32 Å². The number of aliphatic hydroxyl groups excluding tert-OH is 1. The molecule has 0 aromatic heterocycles. The van der Waals surface area contributed by atoms with Crippen LogP contribution < -0.4 is 10.1 Å². The van der Waals surface area contributed by atoms with Crippen molar-refractivity contribution >= 4 is 5.69 Å². The van der Waals surface area contributed by atoms with Crippen molar-refractivity contribution in [2.24, 2.45) is 0 Å². The van der Waals surface area contributed by atoms with Crippen LogP contribution in [0.2, 0.25) is 0 Å². The van der Waals surface area contributed by atoms with Gasteiger partial charge in [0.05, 0.1) is 12.3 Å². The Labute approximate surface area is 79.3 Å². The van der Waals surface area contributed by atoms with Gasteiger partial charge in [-0.25, -0.2) is 4.39 Å². The molecule has 1 aliphatic rings. The van der Waals surface area contributed by atoms with E-state index in [1.165, 1.54) is 6.07 Å². The van der Waals surface area contributed by atoms with Crippen LogP contribution >= 0.6 is 0 Å². The highest BCUT2D eigenvalue weighted by Gasteiger charge is 2.21. The Bertz CT molecular complexity index is 368. The van der Waals surface area contributed by atoms with Gasteiger partial charge < -0.3 is 15.2 Å². The Hall–Kier alpha value is -1.36. The summed E-state index contributed by atoms with van der Waals surface area (Å²) in [7, 11) is 0. The number of ether oxygens (including phenoxy) is 1. The molecule has 0 saturated carbocycles. The lowest BCUT2D eigenvalue weighted by atomic mass is 10.1. The number of anilines is 1. The normalized spacial score (nSPS) is 14.2. The SMILES string of the molecule is OCc1cc2c(c(F)c1F)OCCN2. The van der Waals surface area contributed by atoms with Crippen molar-refractivity contribution in [3.8, 4) is 5.75 Å². The minimum absolute atomic E-state index is 0.0701. The predicted molar refractivity (Wildman–Crippen MR) is 46.3 cm³/mol. The molecule has 0 atom stereocenters. The molecule has 3 nitrogen and oxygen atoms in total. The number of halogens is 2. The number of benzene rings is 1. The average molecular weight is 201 g/mol. The van der Waals surface area contributed by atoms with Crippen LogP contribution in [0.4, 0.5) is 14.5 Å². The van der Waals surface area contributed by atoms with Gasteiger partial charge in [-0.2, -0.15) is 4.39 Å². The number of hydrogen-bond donors (Lipinski definition) is 2. The van der Waals surface area contributed by atoms with Gasteiger partial charge in [-0.05, 0) is 6.07 Å². The molecule has 1 aliphatic heterocycles. The Balaban J connectivity index is 2.57. The van der Waals surface area contributed by atoms with Crippen molar-refractivity contribution in [3.63, 3.8) is 0 Å². The van der Waals surface area contributed by atoms with Gasteiger partial charge in [0.25, 0.3) is 0 Å². The maximum atomic E-state index is 13.3. The van der Waals surface area contributed by atoms with E-state index in [4.69, 9.17) is 9.84 Å². The van der Waals surface area contributed by atoms with Crippen LogP contribution in [0.15, 0.2) is 6.07 Å². The van der Waals surface area contributed by atoms with Crippen LogP contribution in [-0.2, 0) is 6.61 Å². The van der Waals surface area contributed by atoms with Crippen molar-refractivity contribution in [1.82, 2.24) is 0 Å². The second kappa shape index (κ2) is 3.42. The Morgan fingerprint density at radius 1 is 1.43 bits per heavy atom. The van der Waals surface area contributed by atoms with E-state index in [1.54, 1.807) is 0 Å². The van der Waals surface area contributed by atoms with Gasteiger partial charge in [-0.1, -0.05) is 0 Å². The summed E-state index contributed by atoms with van der Waals surface area (Å²) in [5.41, 5.74) is 0.318. The molecule has 0 aliphatic carbocycles. The van der Waals surface area contributed by atoms with Crippen LogP contribution in [0.1, 0.15) is 5.56 Å².